The zero-order valence-electron chi connectivity index (χ0n) is 30.1. The molecule has 11 aromatic rings. The van der Waals surface area contributed by atoms with Crippen LogP contribution in [0.4, 0.5) is 0 Å². The Hall–Kier alpha value is -7.21. The van der Waals surface area contributed by atoms with E-state index in [2.05, 4.69) is 121 Å². The Morgan fingerprint density at radius 2 is 0.929 bits per heavy atom. The topological polar surface area (TPSA) is 51.8 Å². The van der Waals surface area contributed by atoms with Crippen LogP contribution in [0.5, 0.6) is 0 Å². The summed E-state index contributed by atoms with van der Waals surface area (Å²) in [7, 11) is 0. The van der Waals surface area contributed by atoms with E-state index in [1.165, 1.54) is 48.0 Å². The quantitative estimate of drug-likeness (QED) is 0.171. The number of hydrogen-bond acceptors (Lipinski definition) is 5. The molecule has 4 nitrogen and oxygen atoms in total. The highest BCUT2D eigenvalue weighted by Gasteiger charge is 2.20. The van der Waals surface area contributed by atoms with Crippen molar-refractivity contribution >= 4 is 53.4 Å². The van der Waals surface area contributed by atoms with Gasteiger partial charge in [-0.05, 0) is 63.7 Å². The normalized spacial score (nSPS) is 11.6. The van der Waals surface area contributed by atoms with Crippen LogP contribution in [0.2, 0.25) is 0 Å². The Balaban J connectivity index is 1.06. The molecule has 5 heteroatoms. The van der Waals surface area contributed by atoms with Gasteiger partial charge in [-0.25, -0.2) is 15.0 Å². The van der Waals surface area contributed by atoms with Crippen LogP contribution in [0.3, 0.4) is 0 Å². The second-order valence-electron chi connectivity index (χ2n) is 13.9. The fourth-order valence-electron chi connectivity index (χ4n) is 7.86. The zero-order valence-corrected chi connectivity index (χ0v) is 30.9. The number of para-hydroxylation sites is 1. The maximum atomic E-state index is 6.81. The van der Waals surface area contributed by atoms with Crippen LogP contribution in [0.15, 0.2) is 192 Å². The maximum Gasteiger partial charge on any atom is 0.167 e. The number of benzene rings is 8. The fraction of sp³-hybridized carbons (Fsp3) is 0. The van der Waals surface area contributed by atoms with Crippen LogP contribution in [0, 0.1) is 0 Å². The molecule has 262 valence electrons. The van der Waals surface area contributed by atoms with Crippen LogP contribution >= 0.6 is 11.3 Å². The lowest BCUT2D eigenvalue weighted by molar-refractivity contribution is 0.669. The van der Waals surface area contributed by atoms with E-state index in [-0.39, 0.29) is 0 Å². The first-order valence-corrected chi connectivity index (χ1v) is 19.5. The van der Waals surface area contributed by atoms with Gasteiger partial charge in [0.2, 0.25) is 0 Å². The number of nitrogens with zero attached hydrogens (tertiary/aromatic N) is 3. The van der Waals surface area contributed by atoms with Gasteiger partial charge < -0.3 is 4.42 Å². The highest BCUT2D eigenvalue weighted by atomic mass is 32.1. The molecule has 56 heavy (non-hydrogen) atoms. The number of thiophene rings is 1. The average Bonchev–Trinajstić information content (AvgIpc) is 3.86. The van der Waals surface area contributed by atoms with Gasteiger partial charge in [-0.1, -0.05) is 158 Å². The molecule has 11 rings (SSSR count). The molecule has 0 aliphatic rings. The third-order valence-electron chi connectivity index (χ3n) is 10.6. The molecule has 0 atom stereocenters. The lowest BCUT2D eigenvalue weighted by Crippen LogP contribution is -2.00. The molecule has 0 fully saturated rings. The third-order valence-corrected chi connectivity index (χ3v) is 11.8. The van der Waals surface area contributed by atoms with E-state index in [0.29, 0.717) is 17.5 Å². The summed E-state index contributed by atoms with van der Waals surface area (Å²) in [5.41, 5.74) is 11.4. The minimum atomic E-state index is 0.571. The zero-order chi connectivity index (χ0) is 37.0. The minimum absolute atomic E-state index is 0.571. The SMILES string of the molecule is c1ccc(-c2cccc(-c3ccc(-c4ccc5c(c4)oc4c(-c6nc(-c7ccccc7)nc(-c7ccccc7)n6)cccc45)c4sc5ccccc5c34)c2)cc1. The molecule has 0 aliphatic carbocycles. The van der Waals surface area contributed by atoms with Crippen LogP contribution in [0.1, 0.15) is 0 Å². The van der Waals surface area contributed by atoms with Crippen LogP contribution in [-0.2, 0) is 0 Å². The molecule has 0 amide bonds. The van der Waals surface area contributed by atoms with Crippen molar-refractivity contribution in [2.45, 2.75) is 0 Å². The highest BCUT2D eigenvalue weighted by Crippen LogP contribution is 2.46. The van der Waals surface area contributed by atoms with E-state index in [1.807, 2.05) is 78.1 Å². The van der Waals surface area contributed by atoms with Gasteiger partial charge in [0.15, 0.2) is 17.5 Å². The predicted molar refractivity (Wildman–Crippen MR) is 233 cm³/mol. The number of rotatable bonds is 6. The summed E-state index contributed by atoms with van der Waals surface area (Å²) in [5.74, 6) is 1.81. The smallest absolute Gasteiger partial charge is 0.167 e. The summed E-state index contributed by atoms with van der Waals surface area (Å²) in [4.78, 5) is 14.9. The maximum absolute atomic E-state index is 6.81. The van der Waals surface area contributed by atoms with Gasteiger partial charge in [0, 0.05) is 42.1 Å². The Labute approximate surface area is 327 Å². The van der Waals surface area contributed by atoms with E-state index >= 15 is 0 Å². The molecule has 0 bridgehead atoms. The number of furan rings is 1. The van der Waals surface area contributed by atoms with Crippen molar-refractivity contribution in [2.75, 3.05) is 0 Å². The Morgan fingerprint density at radius 3 is 1.68 bits per heavy atom. The number of hydrogen-bond donors (Lipinski definition) is 0. The summed E-state index contributed by atoms with van der Waals surface area (Å²) in [6, 6.07) is 65.7. The van der Waals surface area contributed by atoms with Gasteiger partial charge in [0.05, 0.1) is 5.56 Å². The van der Waals surface area contributed by atoms with Crippen molar-refractivity contribution in [3.8, 4) is 67.5 Å². The Bertz CT molecular complexity index is 3180. The molecule has 0 N–H and O–H groups in total. The minimum Gasteiger partial charge on any atom is -0.455 e. The van der Waals surface area contributed by atoms with Crippen molar-refractivity contribution in [1.82, 2.24) is 15.0 Å². The van der Waals surface area contributed by atoms with E-state index in [9.17, 15) is 0 Å². The second-order valence-corrected chi connectivity index (χ2v) is 15.0. The first kappa shape index (κ1) is 32.2. The molecule has 0 unspecified atom stereocenters. The van der Waals surface area contributed by atoms with Gasteiger partial charge in [0.25, 0.3) is 0 Å². The lowest BCUT2D eigenvalue weighted by Gasteiger charge is -2.11. The third kappa shape index (κ3) is 5.48. The summed E-state index contributed by atoms with van der Waals surface area (Å²) in [6.45, 7) is 0. The number of fused-ring (bicyclic) bond motifs is 6. The molecule has 0 radical (unpaired) electrons. The molecule has 3 aromatic heterocycles. The molecule has 0 saturated carbocycles. The van der Waals surface area contributed by atoms with Crippen molar-refractivity contribution in [2.24, 2.45) is 0 Å². The van der Waals surface area contributed by atoms with Crippen LogP contribution in [0.25, 0.3) is 110 Å². The summed E-state index contributed by atoms with van der Waals surface area (Å²) in [5, 5.41) is 4.62. The van der Waals surface area contributed by atoms with Crippen LogP contribution < -0.4 is 0 Å². The van der Waals surface area contributed by atoms with Gasteiger partial charge in [-0.15, -0.1) is 11.3 Å². The predicted octanol–water partition coefficient (Wildman–Crippen LogP) is 14.1. The molecular weight excluding hydrogens is 703 g/mol. The van der Waals surface area contributed by atoms with Crippen molar-refractivity contribution in [3.63, 3.8) is 0 Å². The first-order valence-electron chi connectivity index (χ1n) is 18.7. The fourth-order valence-corrected chi connectivity index (χ4v) is 9.13. The molecular formula is C51H31N3OS. The summed E-state index contributed by atoms with van der Waals surface area (Å²) in [6.07, 6.45) is 0. The van der Waals surface area contributed by atoms with Gasteiger partial charge in [-0.3, -0.25) is 0 Å². The Morgan fingerprint density at radius 1 is 0.357 bits per heavy atom. The van der Waals surface area contributed by atoms with Gasteiger partial charge in [0.1, 0.15) is 11.2 Å². The number of aromatic nitrogens is 3. The lowest BCUT2D eigenvalue weighted by atomic mass is 9.93. The van der Waals surface area contributed by atoms with Gasteiger partial charge >= 0.3 is 0 Å². The molecule has 0 spiro atoms. The van der Waals surface area contributed by atoms with E-state index in [0.717, 1.165) is 44.2 Å². The van der Waals surface area contributed by atoms with E-state index in [1.54, 1.807) is 0 Å². The monoisotopic (exact) mass is 733 g/mol. The largest absolute Gasteiger partial charge is 0.455 e. The molecule has 0 aliphatic heterocycles. The van der Waals surface area contributed by atoms with E-state index < -0.39 is 0 Å². The van der Waals surface area contributed by atoms with Crippen molar-refractivity contribution < 1.29 is 4.42 Å². The summed E-state index contributed by atoms with van der Waals surface area (Å²) < 4.78 is 9.35. The first-order chi connectivity index (χ1) is 27.7. The Kier molecular flexibility index (Phi) is 7.64. The second kappa shape index (κ2) is 13.3. The molecule has 3 heterocycles. The standard InChI is InChI=1S/C51H31N3OS/c1-4-14-32(15-5-1)35-20-12-21-36(30-35)38-28-29-39(48-46(38)42-22-10-11-25-45(42)56-48)37-26-27-40-41-23-13-24-43(47(41)55-44(40)31-37)51-53-49(33-16-6-2-7-17-33)52-50(54-51)34-18-8-3-9-19-34/h1-31H. The average molecular weight is 734 g/mol. The van der Waals surface area contributed by atoms with Crippen molar-refractivity contribution in [1.29, 1.82) is 0 Å². The van der Waals surface area contributed by atoms with Crippen LogP contribution in [-0.4, -0.2) is 15.0 Å². The molecule has 0 saturated heterocycles. The van der Waals surface area contributed by atoms with E-state index in [4.69, 9.17) is 19.4 Å². The van der Waals surface area contributed by atoms with Crippen molar-refractivity contribution in [3.05, 3.63) is 188 Å². The van der Waals surface area contributed by atoms with Gasteiger partial charge in [-0.2, -0.15) is 0 Å². The molecule has 8 aromatic carbocycles. The summed E-state index contributed by atoms with van der Waals surface area (Å²) >= 11 is 1.85. The highest BCUT2D eigenvalue weighted by molar-refractivity contribution is 7.26.